The second-order valence-corrected chi connectivity index (χ2v) is 10.1. The molecule has 0 aromatic heterocycles. The highest BCUT2D eigenvalue weighted by Crippen LogP contribution is 2.50. The molecule has 2 aliphatic heterocycles. The highest BCUT2D eigenvalue weighted by atomic mass is 79.9. The Morgan fingerprint density at radius 3 is 2.42 bits per heavy atom. The van der Waals surface area contributed by atoms with E-state index in [-0.39, 0.29) is 18.4 Å². The molecule has 6 rings (SSSR count). The highest BCUT2D eigenvalue weighted by molar-refractivity contribution is 9.10. The first-order chi connectivity index (χ1) is 14.6. The summed E-state index contributed by atoms with van der Waals surface area (Å²) in [6, 6.07) is 24.4. The lowest BCUT2D eigenvalue weighted by Crippen LogP contribution is -2.48. The first-order valence-corrected chi connectivity index (χ1v) is 11.8. The molecule has 3 aromatic carbocycles. The van der Waals surface area contributed by atoms with Crippen LogP contribution in [-0.2, 0) is 18.4 Å². The lowest BCUT2D eigenvalue weighted by Gasteiger charge is -2.49. The molecule has 3 aromatic rings. The van der Waals surface area contributed by atoms with Crippen LogP contribution in [0.5, 0.6) is 0 Å². The molecule has 0 saturated carbocycles. The number of rotatable bonds is 1. The van der Waals surface area contributed by atoms with Crippen molar-refractivity contribution in [2.45, 2.75) is 43.2 Å². The average molecular weight is 497 g/mol. The number of halogens is 2. The molecule has 2 heterocycles. The van der Waals surface area contributed by atoms with Gasteiger partial charge in [-0.15, -0.1) is 12.4 Å². The topological polar surface area (TPSA) is 23.5 Å². The molecule has 0 spiro atoms. The van der Waals surface area contributed by atoms with Crippen LogP contribution < -0.4 is 0 Å². The van der Waals surface area contributed by atoms with Crippen LogP contribution in [0, 0.1) is 0 Å². The van der Waals surface area contributed by atoms with E-state index in [1.807, 2.05) is 12.1 Å². The van der Waals surface area contributed by atoms with Crippen LogP contribution in [0.2, 0.25) is 0 Å². The molecule has 0 amide bonds. The summed E-state index contributed by atoms with van der Waals surface area (Å²) in [6.45, 7) is 1.99. The fourth-order valence-corrected chi connectivity index (χ4v) is 6.36. The van der Waals surface area contributed by atoms with Crippen molar-refractivity contribution in [1.29, 1.82) is 0 Å². The number of hydrogen-bond donors (Lipinski definition) is 1. The number of piperidine rings is 1. The van der Waals surface area contributed by atoms with E-state index in [4.69, 9.17) is 0 Å². The third-order valence-corrected chi connectivity index (χ3v) is 8.14. The quantitative estimate of drug-likeness (QED) is 0.437. The molecule has 2 nitrogen and oxygen atoms in total. The molecule has 160 valence electrons. The Balaban J connectivity index is 0.00000204. The Morgan fingerprint density at radius 2 is 1.58 bits per heavy atom. The van der Waals surface area contributed by atoms with E-state index in [9.17, 15) is 5.11 Å². The molecule has 31 heavy (non-hydrogen) atoms. The average Bonchev–Trinajstić information content (AvgIpc) is 2.93. The Hall–Kier alpha value is -1.65. The predicted octanol–water partition coefficient (Wildman–Crippen LogP) is 6.14. The van der Waals surface area contributed by atoms with Gasteiger partial charge in [0, 0.05) is 35.9 Å². The van der Waals surface area contributed by atoms with Gasteiger partial charge in [0.1, 0.15) is 0 Å². The van der Waals surface area contributed by atoms with Crippen molar-refractivity contribution in [2.24, 2.45) is 0 Å². The molecule has 1 fully saturated rings. The van der Waals surface area contributed by atoms with Crippen LogP contribution in [-0.4, -0.2) is 23.1 Å². The molecular weight excluding hydrogens is 470 g/mol. The molecular formula is C27H27BrClNO. The lowest BCUT2D eigenvalue weighted by atomic mass is 9.72. The van der Waals surface area contributed by atoms with Crippen molar-refractivity contribution in [3.63, 3.8) is 0 Å². The van der Waals surface area contributed by atoms with Crippen molar-refractivity contribution in [2.75, 3.05) is 13.1 Å². The largest absolute Gasteiger partial charge is 0.385 e. The lowest BCUT2D eigenvalue weighted by molar-refractivity contribution is -0.0571. The zero-order valence-electron chi connectivity index (χ0n) is 17.4. The molecule has 1 saturated heterocycles. The monoisotopic (exact) mass is 495 g/mol. The molecule has 0 radical (unpaired) electrons. The van der Waals surface area contributed by atoms with Crippen molar-refractivity contribution in [1.82, 2.24) is 4.90 Å². The third kappa shape index (κ3) is 3.47. The third-order valence-electron chi connectivity index (χ3n) is 7.61. The molecule has 0 unspecified atom stereocenters. The standard InChI is InChI=1S/C27H26BrNO.ClH/c28-21-12-10-20(11-13-21)27(30)14-15-29-17-24-22-6-2-1-4-18(22)8-9-19-5-3-7-23(26(19)24)25(29)16-27;/h1-7,10-13,24-25,30H,8-9,14-17H2;1H/t24-,25-,27-;/m1./s1. The van der Waals surface area contributed by atoms with Gasteiger partial charge in [-0.05, 0) is 64.8 Å². The van der Waals surface area contributed by atoms with Gasteiger partial charge in [-0.25, -0.2) is 0 Å². The van der Waals surface area contributed by atoms with Gasteiger partial charge in [0.25, 0.3) is 0 Å². The van der Waals surface area contributed by atoms with Gasteiger partial charge in [-0.1, -0.05) is 70.5 Å². The maximum absolute atomic E-state index is 11.7. The molecule has 0 bridgehead atoms. The summed E-state index contributed by atoms with van der Waals surface area (Å²) < 4.78 is 1.06. The fourth-order valence-electron chi connectivity index (χ4n) is 6.10. The van der Waals surface area contributed by atoms with Gasteiger partial charge in [0.05, 0.1) is 5.60 Å². The van der Waals surface area contributed by atoms with E-state index in [0.717, 1.165) is 48.8 Å². The van der Waals surface area contributed by atoms with E-state index in [0.29, 0.717) is 5.92 Å². The molecule has 1 N–H and O–H groups in total. The van der Waals surface area contributed by atoms with E-state index in [1.54, 1.807) is 5.56 Å². The number of aryl methyl sites for hydroxylation is 2. The predicted molar refractivity (Wildman–Crippen MR) is 131 cm³/mol. The zero-order valence-corrected chi connectivity index (χ0v) is 19.8. The van der Waals surface area contributed by atoms with Gasteiger partial charge in [0.2, 0.25) is 0 Å². The van der Waals surface area contributed by atoms with Gasteiger partial charge in [0.15, 0.2) is 0 Å². The van der Waals surface area contributed by atoms with Crippen LogP contribution in [0.3, 0.4) is 0 Å². The van der Waals surface area contributed by atoms with Crippen LogP contribution in [0.4, 0.5) is 0 Å². The van der Waals surface area contributed by atoms with E-state index in [1.165, 1.54) is 22.3 Å². The zero-order chi connectivity index (χ0) is 20.3. The Labute approximate surface area is 198 Å². The van der Waals surface area contributed by atoms with Crippen LogP contribution >= 0.6 is 28.3 Å². The Morgan fingerprint density at radius 1 is 0.871 bits per heavy atom. The maximum Gasteiger partial charge on any atom is 0.0927 e. The molecule has 3 atom stereocenters. The second-order valence-electron chi connectivity index (χ2n) is 9.17. The van der Waals surface area contributed by atoms with Crippen molar-refractivity contribution >= 4 is 28.3 Å². The summed E-state index contributed by atoms with van der Waals surface area (Å²) in [6.07, 6.45) is 3.78. The Kier molecular flexibility index (Phi) is 5.50. The Bertz CT molecular complexity index is 1110. The van der Waals surface area contributed by atoms with E-state index < -0.39 is 5.60 Å². The molecule has 3 aliphatic rings. The number of hydrogen-bond acceptors (Lipinski definition) is 2. The summed E-state index contributed by atoms with van der Waals surface area (Å²) in [5.41, 5.74) is 7.79. The minimum absolute atomic E-state index is 0. The van der Waals surface area contributed by atoms with Gasteiger partial charge in [-0.3, -0.25) is 4.90 Å². The summed E-state index contributed by atoms with van der Waals surface area (Å²) in [5.74, 6) is 0.449. The minimum Gasteiger partial charge on any atom is -0.385 e. The van der Waals surface area contributed by atoms with E-state index >= 15 is 0 Å². The molecule has 1 aliphatic carbocycles. The first kappa shape index (κ1) is 21.2. The number of benzene rings is 3. The fraction of sp³-hybridized carbons (Fsp3) is 0.333. The van der Waals surface area contributed by atoms with E-state index in [2.05, 4.69) is 75.4 Å². The molecule has 4 heteroatoms. The summed E-state index contributed by atoms with van der Waals surface area (Å²) in [4.78, 5) is 2.63. The summed E-state index contributed by atoms with van der Waals surface area (Å²) in [5, 5.41) is 11.7. The van der Waals surface area contributed by atoms with Gasteiger partial charge < -0.3 is 5.11 Å². The van der Waals surface area contributed by atoms with Gasteiger partial charge >= 0.3 is 0 Å². The first-order valence-electron chi connectivity index (χ1n) is 11.0. The maximum atomic E-state index is 11.7. The summed E-state index contributed by atoms with van der Waals surface area (Å²) in [7, 11) is 0. The number of aliphatic hydroxyl groups is 1. The van der Waals surface area contributed by atoms with Crippen LogP contribution in [0.25, 0.3) is 0 Å². The highest BCUT2D eigenvalue weighted by Gasteiger charge is 2.45. The summed E-state index contributed by atoms with van der Waals surface area (Å²) >= 11 is 3.52. The van der Waals surface area contributed by atoms with Crippen molar-refractivity contribution < 1.29 is 5.11 Å². The number of nitrogens with zero attached hydrogens (tertiary/aromatic N) is 1. The number of fused-ring (bicyclic) bond motifs is 4. The van der Waals surface area contributed by atoms with Crippen molar-refractivity contribution in [3.05, 3.63) is 105 Å². The van der Waals surface area contributed by atoms with Crippen LogP contribution in [0.15, 0.2) is 71.2 Å². The minimum atomic E-state index is -0.764. The smallest absolute Gasteiger partial charge is 0.0927 e. The SMILES string of the molecule is Cl.O[C@]1(c2ccc(Br)cc2)CCN2C[C@@H]3c4ccccc4CCc4cccc(c43)[C@H]2C1. The van der Waals surface area contributed by atoms with Gasteiger partial charge in [-0.2, -0.15) is 0 Å². The second kappa shape index (κ2) is 8.04. The van der Waals surface area contributed by atoms with Crippen LogP contribution in [0.1, 0.15) is 58.2 Å². The normalized spacial score (nSPS) is 26.6. The van der Waals surface area contributed by atoms with Crippen molar-refractivity contribution in [3.8, 4) is 0 Å².